The van der Waals surface area contributed by atoms with Crippen LogP contribution in [0.25, 0.3) is 16.7 Å². The maximum Gasteiger partial charge on any atom is 0.264 e. The average molecular weight is 513 g/mol. The smallest absolute Gasteiger partial charge is 0.264 e. The fourth-order valence-electron chi connectivity index (χ4n) is 5.25. The molecule has 2 aliphatic rings. The van der Waals surface area contributed by atoms with E-state index in [0.717, 1.165) is 30.8 Å². The van der Waals surface area contributed by atoms with Crippen LogP contribution in [-0.4, -0.2) is 61.0 Å². The van der Waals surface area contributed by atoms with Gasteiger partial charge in [0.05, 0.1) is 24.0 Å². The van der Waals surface area contributed by atoms with Gasteiger partial charge in [-0.25, -0.2) is 9.67 Å². The van der Waals surface area contributed by atoms with Crippen molar-refractivity contribution in [3.8, 4) is 5.69 Å². The molecule has 0 bridgehead atoms. The number of carbonyl (C=O) groups excluding carboxylic acids is 1. The molecule has 38 heavy (non-hydrogen) atoms. The number of nitrogens with zero attached hydrogens (tertiary/aromatic N) is 6. The summed E-state index contributed by atoms with van der Waals surface area (Å²) >= 11 is 0. The summed E-state index contributed by atoms with van der Waals surface area (Å²) in [5.41, 5.74) is 2.32. The summed E-state index contributed by atoms with van der Waals surface area (Å²) in [7, 11) is 2.05. The highest BCUT2D eigenvalue weighted by molar-refractivity contribution is 5.81. The van der Waals surface area contributed by atoms with Crippen molar-refractivity contribution in [1.82, 2.24) is 24.2 Å². The van der Waals surface area contributed by atoms with Gasteiger partial charge in [0.15, 0.2) is 5.65 Å². The Labute approximate surface area is 220 Å². The summed E-state index contributed by atoms with van der Waals surface area (Å²) in [6, 6.07) is 18.3. The number of piperidine rings is 1. The molecule has 2 aromatic heterocycles. The number of likely N-dealkylation sites (tertiary alicyclic amines) is 1. The van der Waals surface area contributed by atoms with Crippen LogP contribution in [0.4, 0.5) is 5.69 Å². The van der Waals surface area contributed by atoms with E-state index in [9.17, 15) is 14.7 Å². The van der Waals surface area contributed by atoms with E-state index in [-0.39, 0.29) is 23.9 Å². The lowest BCUT2D eigenvalue weighted by molar-refractivity contribution is -0.137. The number of amides is 1. The molecule has 2 aromatic carbocycles. The molecule has 3 heterocycles. The second-order valence-corrected chi connectivity index (χ2v) is 10.7. The number of fused-ring (bicyclic) bond motifs is 1. The minimum Gasteiger partial charge on any atom is -0.388 e. The zero-order valence-corrected chi connectivity index (χ0v) is 21.5. The second-order valence-electron chi connectivity index (χ2n) is 10.7. The van der Waals surface area contributed by atoms with E-state index in [1.165, 1.54) is 22.7 Å². The van der Waals surface area contributed by atoms with E-state index in [1.54, 1.807) is 4.68 Å². The van der Waals surface area contributed by atoms with Gasteiger partial charge in [-0.1, -0.05) is 30.3 Å². The number of hydrogen-bond acceptors (Lipinski definition) is 6. The van der Waals surface area contributed by atoms with Crippen molar-refractivity contribution in [2.24, 2.45) is 5.92 Å². The Bertz CT molecular complexity index is 1500. The molecular formula is C29H32N6O3. The molecule has 6 rings (SSSR count). The van der Waals surface area contributed by atoms with Gasteiger partial charge in [-0.05, 0) is 55.5 Å². The molecule has 1 saturated carbocycles. The fourth-order valence-corrected chi connectivity index (χ4v) is 5.25. The van der Waals surface area contributed by atoms with Gasteiger partial charge in [0, 0.05) is 38.3 Å². The van der Waals surface area contributed by atoms with Gasteiger partial charge in [-0.3, -0.25) is 14.2 Å². The Kier molecular flexibility index (Phi) is 6.23. The van der Waals surface area contributed by atoms with Crippen molar-refractivity contribution >= 4 is 22.6 Å². The summed E-state index contributed by atoms with van der Waals surface area (Å²) < 4.78 is 3.13. The Balaban J connectivity index is 1.16. The quantitative estimate of drug-likeness (QED) is 0.409. The highest BCUT2D eigenvalue weighted by atomic mass is 16.3. The number of benzene rings is 2. The number of aliphatic hydroxyl groups is 1. The van der Waals surface area contributed by atoms with Crippen molar-refractivity contribution in [3.63, 3.8) is 0 Å². The van der Waals surface area contributed by atoms with E-state index in [0.29, 0.717) is 37.0 Å². The molecule has 2 fully saturated rings. The SMILES string of the molecule is CN(Cc1ccccc1)c1ccc(-n2ncc3c(=O)n(CC4(O)CCN(C(=O)C5CC5)CC4)cnc32)cc1. The highest BCUT2D eigenvalue weighted by Crippen LogP contribution is 2.33. The van der Waals surface area contributed by atoms with E-state index in [1.807, 2.05) is 47.4 Å². The van der Waals surface area contributed by atoms with Crippen LogP contribution >= 0.6 is 0 Å². The third kappa shape index (κ3) is 4.81. The van der Waals surface area contributed by atoms with Crippen LogP contribution in [0.1, 0.15) is 31.2 Å². The van der Waals surface area contributed by atoms with E-state index < -0.39 is 5.60 Å². The molecule has 1 amide bonds. The van der Waals surface area contributed by atoms with Crippen LogP contribution in [0.2, 0.25) is 0 Å². The lowest BCUT2D eigenvalue weighted by atomic mass is 9.91. The first-order valence-electron chi connectivity index (χ1n) is 13.2. The highest BCUT2D eigenvalue weighted by Gasteiger charge is 2.39. The largest absolute Gasteiger partial charge is 0.388 e. The first kappa shape index (κ1) is 24.4. The number of rotatable bonds is 7. The molecule has 4 aromatic rings. The lowest BCUT2D eigenvalue weighted by Gasteiger charge is -2.38. The van der Waals surface area contributed by atoms with Crippen LogP contribution in [0.3, 0.4) is 0 Å². The standard InChI is InChI=1S/C29H32N6O3/c1-32(18-21-5-3-2-4-6-21)23-9-11-24(12-10-23)35-26-25(17-31-35)28(37)34(20-30-26)19-29(38)13-15-33(16-14-29)27(36)22-7-8-22/h2-6,9-12,17,20,22,38H,7-8,13-16,18-19H2,1H3. The monoisotopic (exact) mass is 512 g/mol. The fraction of sp³-hybridized carbons (Fsp3) is 0.379. The topological polar surface area (TPSA) is 96.5 Å². The lowest BCUT2D eigenvalue weighted by Crippen LogP contribution is -2.50. The van der Waals surface area contributed by atoms with Crippen LogP contribution in [-0.2, 0) is 17.9 Å². The van der Waals surface area contributed by atoms with Crippen molar-refractivity contribution in [2.75, 3.05) is 25.0 Å². The minimum absolute atomic E-state index is 0.147. The van der Waals surface area contributed by atoms with Gasteiger partial charge in [0.2, 0.25) is 5.91 Å². The summed E-state index contributed by atoms with van der Waals surface area (Å²) in [6.07, 6.45) is 5.87. The zero-order chi connectivity index (χ0) is 26.3. The van der Waals surface area contributed by atoms with Crippen LogP contribution < -0.4 is 10.5 Å². The molecule has 1 saturated heterocycles. The average Bonchev–Trinajstić information content (AvgIpc) is 3.70. The van der Waals surface area contributed by atoms with Crippen molar-refractivity contribution < 1.29 is 9.90 Å². The van der Waals surface area contributed by atoms with Crippen LogP contribution in [0.15, 0.2) is 71.9 Å². The normalized spacial score (nSPS) is 17.1. The van der Waals surface area contributed by atoms with Gasteiger partial charge in [0.25, 0.3) is 5.56 Å². The molecule has 9 nitrogen and oxygen atoms in total. The summed E-state index contributed by atoms with van der Waals surface area (Å²) in [5, 5.41) is 16.0. The van der Waals surface area contributed by atoms with Gasteiger partial charge in [-0.2, -0.15) is 5.10 Å². The maximum absolute atomic E-state index is 13.3. The molecule has 196 valence electrons. The molecule has 0 unspecified atom stereocenters. The third-order valence-electron chi connectivity index (χ3n) is 7.75. The molecule has 0 spiro atoms. The molecule has 1 aliphatic carbocycles. The Morgan fingerprint density at radius 1 is 1.08 bits per heavy atom. The zero-order valence-electron chi connectivity index (χ0n) is 21.5. The number of hydrogen-bond donors (Lipinski definition) is 1. The predicted molar refractivity (Wildman–Crippen MR) is 145 cm³/mol. The van der Waals surface area contributed by atoms with Crippen molar-refractivity contribution in [2.45, 2.75) is 44.4 Å². The van der Waals surface area contributed by atoms with Crippen LogP contribution in [0.5, 0.6) is 0 Å². The van der Waals surface area contributed by atoms with Crippen LogP contribution in [0, 0.1) is 5.92 Å². The molecule has 1 aliphatic heterocycles. The van der Waals surface area contributed by atoms with E-state index >= 15 is 0 Å². The second kappa shape index (κ2) is 9.72. The molecular weight excluding hydrogens is 480 g/mol. The Hall–Kier alpha value is -3.98. The first-order chi connectivity index (χ1) is 18.4. The van der Waals surface area contributed by atoms with Gasteiger partial charge >= 0.3 is 0 Å². The Morgan fingerprint density at radius 3 is 2.47 bits per heavy atom. The van der Waals surface area contributed by atoms with Gasteiger partial charge < -0.3 is 14.9 Å². The van der Waals surface area contributed by atoms with Crippen molar-refractivity contribution in [3.05, 3.63) is 83.0 Å². The molecule has 0 radical (unpaired) electrons. The first-order valence-corrected chi connectivity index (χ1v) is 13.2. The summed E-state index contributed by atoms with van der Waals surface area (Å²) in [6.45, 7) is 1.98. The number of aromatic nitrogens is 4. The number of anilines is 1. The maximum atomic E-state index is 13.3. The molecule has 9 heteroatoms. The predicted octanol–water partition coefficient (Wildman–Crippen LogP) is 2.98. The minimum atomic E-state index is -1.04. The molecule has 0 atom stereocenters. The van der Waals surface area contributed by atoms with Gasteiger partial charge in [0.1, 0.15) is 11.7 Å². The summed E-state index contributed by atoms with van der Waals surface area (Å²) in [5.74, 6) is 0.383. The Morgan fingerprint density at radius 2 is 1.79 bits per heavy atom. The third-order valence-corrected chi connectivity index (χ3v) is 7.75. The van der Waals surface area contributed by atoms with E-state index in [2.05, 4.69) is 34.2 Å². The number of carbonyl (C=O) groups is 1. The molecule has 1 N–H and O–H groups in total. The van der Waals surface area contributed by atoms with E-state index in [4.69, 9.17) is 0 Å². The van der Waals surface area contributed by atoms with Crippen molar-refractivity contribution in [1.29, 1.82) is 0 Å². The summed E-state index contributed by atoms with van der Waals surface area (Å²) in [4.78, 5) is 34.2. The van der Waals surface area contributed by atoms with Gasteiger partial charge in [-0.15, -0.1) is 0 Å².